The number of phenolic OH excluding ortho intramolecular Hbond substituents is 1. The first-order valence-electron chi connectivity index (χ1n) is 6.94. The van der Waals surface area contributed by atoms with Gasteiger partial charge in [-0.2, -0.15) is 22.0 Å². The molecule has 3 aromatic rings. The monoisotopic (exact) mass is 319 g/mol. The molecule has 1 N–H and O–H groups in total. The molecule has 0 spiro atoms. The first-order chi connectivity index (χ1) is 9.86. The van der Waals surface area contributed by atoms with Gasteiger partial charge in [-0.3, -0.25) is 0 Å². The molecule has 0 unspecified atom stereocenters. The van der Waals surface area contributed by atoms with Gasteiger partial charge in [-0.25, -0.2) is 5.10 Å². The second-order valence-electron chi connectivity index (χ2n) is 6.33. The number of nitrogens with zero attached hydrogens (tertiary/aromatic N) is 3. The van der Waals surface area contributed by atoms with Gasteiger partial charge in [0, 0.05) is 16.6 Å². The van der Waals surface area contributed by atoms with Crippen LogP contribution in [-0.4, -0.2) is 20.1 Å². The van der Waals surface area contributed by atoms with Crippen LogP contribution in [0, 0.1) is 13.0 Å². The van der Waals surface area contributed by atoms with Crippen molar-refractivity contribution < 1.29 is 56.5 Å². The van der Waals surface area contributed by atoms with Crippen molar-refractivity contribution in [2.24, 2.45) is 0 Å². The Kier molecular flexibility index (Phi) is 5.14. The Labute approximate surface area is 173 Å². The minimum absolute atomic E-state index is 0. The van der Waals surface area contributed by atoms with Crippen molar-refractivity contribution in [2.75, 3.05) is 0 Å². The number of hydrogen-bond acceptors (Lipinski definition) is 3. The van der Waals surface area contributed by atoms with E-state index in [0.29, 0.717) is 5.69 Å². The third-order valence-electron chi connectivity index (χ3n) is 3.48. The third-order valence-corrected chi connectivity index (χ3v) is 3.48. The molecular weight excluding hydrogens is 301 g/mol. The summed E-state index contributed by atoms with van der Waals surface area (Å²) < 4.78 is 0. The summed E-state index contributed by atoms with van der Waals surface area (Å²) in [5, 5.41) is 19.5. The number of rotatable bonds is 1. The van der Waals surface area contributed by atoms with E-state index in [2.05, 4.69) is 37.0 Å². The fourth-order valence-electron chi connectivity index (χ4n) is 2.40. The molecule has 0 aliphatic rings. The summed E-state index contributed by atoms with van der Waals surface area (Å²) in [4.78, 5) is 1.50. The van der Waals surface area contributed by atoms with Crippen LogP contribution in [0.5, 0.6) is 5.75 Å². The van der Waals surface area contributed by atoms with Gasteiger partial charge in [-0.15, -0.1) is 12.1 Å². The first kappa shape index (κ1) is 17.6. The van der Waals surface area contributed by atoms with Crippen molar-refractivity contribution in [3.8, 4) is 11.4 Å². The number of aromatic nitrogens is 3. The van der Waals surface area contributed by atoms with Crippen LogP contribution in [0.4, 0.5) is 0 Å². The van der Waals surface area contributed by atoms with E-state index in [0.717, 1.165) is 22.2 Å². The van der Waals surface area contributed by atoms with Gasteiger partial charge in [-0.05, 0) is 24.0 Å². The average Bonchev–Trinajstić information content (AvgIpc) is 2.83. The summed E-state index contributed by atoms with van der Waals surface area (Å²) >= 11 is 0. The van der Waals surface area contributed by atoms with Crippen LogP contribution in [0.3, 0.4) is 0 Å². The Morgan fingerprint density at radius 2 is 1.82 bits per heavy atom. The normalized spacial score (nSPS) is 11.5. The maximum absolute atomic E-state index is 10.6. The Hall–Kier alpha value is -0.724. The van der Waals surface area contributed by atoms with Crippen LogP contribution in [0.15, 0.2) is 30.3 Å². The van der Waals surface area contributed by atoms with Gasteiger partial charge in [-0.1, -0.05) is 26.8 Å². The number of phenols is 1. The second-order valence-corrected chi connectivity index (χ2v) is 6.33. The van der Waals surface area contributed by atoms with Crippen molar-refractivity contribution in [1.29, 1.82) is 0 Å². The maximum atomic E-state index is 10.6. The molecule has 0 saturated carbocycles. The zero-order chi connectivity index (χ0) is 15.2. The second kappa shape index (κ2) is 6.41. The Balaban J connectivity index is 0.00000176. The van der Waals surface area contributed by atoms with Crippen LogP contribution in [0.2, 0.25) is 0 Å². The molecule has 3 rings (SSSR count). The number of benzene rings is 2. The molecule has 1 heterocycles. The van der Waals surface area contributed by atoms with E-state index in [1.165, 1.54) is 4.80 Å². The molecular formula is C17H18KN3O. The fraction of sp³-hybridized carbons (Fsp3) is 0.294. The van der Waals surface area contributed by atoms with E-state index in [9.17, 15) is 5.11 Å². The molecule has 0 amide bonds. The number of aromatic hydroxyl groups is 1. The predicted octanol–water partition coefficient (Wildman–Crippen LogP) is 0.536. The van der Waals surface area contributed by atoms with Crippen LogP contribution in [0.25, 0.3) is 16.7 Å². The van der Waals surface area contributed by atoms with Gasteiger partial charge < -0.3 is 5.11 Å². The van der Waals surface area contributed by atoms with Gasteiger partial charge >= 0.3 is 51.4 Å². The molecule has 0 atom stereocenters. The fourth-order valence-corrected chi connectivity index (χ4v) is 2.40. The summed E-state index contributed by atoms with van der Waals surface area (Å²) in [7, 11) is 0. The molecule has 0 fully saturated rings. The molecule has 0 bridgehead atoms. The van der Waals surface area contributed by atoms with Crippen molar-refractivity contribution in [3.05, 3.63) is 47.5 Å². The van der Waals surface area contributed by atoms with Crippen molar-refractivity contribution in [2.45, 2.75) is 33.1 Å². The molecule has 1 aromatic heterocycles. The van der Waals surface area contributed by atoms with Crippen molar-refractivity contribution in [3.63, 3.8) is 0 Å². The third kappa shape index (κ3) is 3.28. The standard InChI is InChI=1S/C17H18N3O.K/c1-11-9-12(17(2,3)4)16(21)15(10-11)20-18-13-7-5-6-8-14(13)19-20;/h5,7-10,21H,1-4H3;/q-1;+1. The van der Waals surface area contributed by atoms with Crippen molar-refractivity contribution in [1.82, 2.24) is 15.0 Å². The minimum atomic E-state index is -0.148. The zero-order valence-electron chi connectivity index (χ0n) is 13.7. The van der Waals surface area contributed by atoms with E-state index in [1.54, 1.807) is 12.1 Å². The smallest absolute Gasteiger partial charge is 0.505 e. The van der Waals surface area contributed by atoms with E-state index in [1.807, 2.05) is 25.1 Å². The summed E-state index contributed by atoms with van der Waals surface area (Å²) in [6.07, 6.45) is 0. The minimum Gasteiger partial charge on any atom is -0.505 e. The largest absolute Gasteiger partial charge is 1.00 e. The molecule has 2 aromatic carbocycles. The summed E-state index contributed by atoms with van der Waals surface area (Å²) in [6.45, 7) is 8.24. The SMILES string of the molecule is Cc1cc(-n2nc3c[c-]ccc3n2)c(O)c(C(C)(C)C)c1.[K+]. The molecule has 0 aliphatic heterocycles. The molecule has 0 aliphatic carbocycles. The van der Waals surface area contributed by atoms with Gasteiger partial charge in [0.2, 0.25) is 0 Å². The van der Waals surface area contributed by atoms with E-state index in [-0.39, 0.29) is 62.5 Å². The Morgan fingerprint density at radius 3 is 2.45 bits per heavy atom. The number of aryl methyl sites for hydroxylation is 1. The number of fused-ring (bicyclic) bond motifs is 1. The Bertz CT molecular complexity index is 785. The topological polar surface area (TPSA) is 50.9 Å². The quantitative estimate of drug-likeness (QED) is 0.526. The van der Waals surface area contributed by atoms with Crippen molar-refractivity contribution >= 4 is 11.0 Å². The molecule has 22 heavy (non-hydrogen) atoms. The van der Waals surface area contributed by atoms with E-state index in [4.69, 9.17) is 0 Å². The molecule has 0 saturated heterocycles. The molecule has 108 valence electrons. The summed E-state index contributed by atoms with van der Waals surface area (Å²) in [6, 6.07) is 12.3. The van der Waals surface area contributed by atoms with Gasteiger partial charge in [0.15, 0.2) is 0 Å². The summed E-state index contributed by atoms with van der Waals surface area (Å²) in [5.74, 6) is 0.234. The average molecular weight is 319 g/mol. The predicted molar refractivity (Wildman–Crippen MR) is 82.8 cm³/mol. The molecule has 4 nitrogen and oxygen atoms in total. The van der Waals surface area contributed by atoms with Gasteiger partial charge in [0.25, 0.3) is 0 Å². The number of hydrogen-bond donors (Lipinski definition) is 1. The first-order valence-corrected chi connectivity index (χ1v) is 6.94. The Morgan fingerprint density at radius 1 is 1.14 bits per heavy atom. The van der Waals surface area contributed by atoms with Crippen LogP contribution in [0.1, 0.15) is 31.9 Å². The van der Waals surface area contributed by atoms with Gasteiger partial charge in [0.1, 0.15) is 11.4 Å². The van der Waals surface area contributed by atoms with Gasteiger partial charge in [0.05, 0.1) is 0 Å². The zero-order valence-corrected chi connectivity index (χ0v) is 16.8. The van der Waals surface area contributed by atoms with E-state index < -0.39 is 0 Å². The molecule has 0 radical (unpaired) electrons. The van der Waals surface area contributed by atoms with Crippen LogP contribution < -0.4 is 51.4 Å². The van der Waals surface area contributed by atoms with Crippen LogP contribution >= 0.6 is 0 Å². The maximum Gasteiger partial charge on any atom is 1.00 e. The molecule has 5 heteroatoms. The van der Waals surface area contributed by atoms with E-state index >= 15 is 0 Å². The van der Waals surface area contributed by atoms with Crippen LogP contribution in [-0.2, 0) is 5.41 Å². The summed E-state index contributed by atoms with van der Waals surface area (Å²) in [5.41, 5.74) is 3.97.